The second-order valence-electron chi connectivity index (χ2n) is 8.19. The van der Waals surface area contributed by atoms with E-state index in [0.29, 0.717) is 31.3 Å². The zero-order valence-electron chi connectivity index (χ0n) is 19.3. The van der Waals surface area contributed by atoms with Gasteiger partial charge in [0, 0.05) is 33.8 Å². The SMILES string of the molecule is Cc1ccc(C2/C(=C(\O)c3ccncc3)C(=O)C(=O)N2c2nnc(SCc3ccc(Cl)cc3Cl)s2)cc1. The number of anilines is 1. The van der Waals surface area contributed by atoms with Gasteiger partial charge in [-0.05, 0) is 42.3 Å². The van der Waals surface area contributed by atoms with Gasteiger partial charge in [0.05, 0.1) is 11.6 Å². The zero-order chi connectivity index (χ0) is 26.1. The topological polar surface area (TPSA) is 96.3 Å². The highest BCUT2D eigenvalue weighted by Crippen LogP contribution is 2.44. The summed E-state index contributed by atoms with van der Waals surface area (Å²) in [4.78, 5) is 31.8. The summed E-state index contributed by atoms with van der Waals surface area (Å²) >= 11 is 14.9. The molecule has 2 aromatic heterocycles. The van der Waals surface area contributed by atoms with Crippen molar-refractivity contribution < 1.29 is 14.7 Å². The first-order chi connectivity index (χ1) is 17.8. The molecular weight excluding hydrogens is 551 g/mol. The van der Waals surface area contributed by atoms with E-state index in [0.717, 1.165) is 11.1 Å². The summed E-state index contributed by atoms with van der Waals surface area (Å²) in [6.07, 6.45) is 3.01. The number of amides is 1. The fourth-order valence-corrected chi connectivity index (χ4v) is 6.32. The van der Waals surface area contributed by atoms with Crippen LogP contribution in [-0.2, 0) is 15.3 Å². The number of ketones is 1. The standard InChI is InChI=1S/C26H18Cl2N4O3S2/c1-14-2-4-15(5-3-14)21-20(22(33)16-8-10-29-11-9-16)23(34)24(35)32(21)25-30-31-26(37-25)36-13-17-6-7-18(27)12-19(17)28/h2-12,21,33H,13H2,1H3/b22-20+. The number of thioether (sulfide) groups is 1. The molecule has 0 spiro atoms. The quantitative estimate of drug-likeness (QED) is 0.0935. The number of rotatable bonds is 6. The van der Waals surface area contributed by atoms with Gasteiger partial charge in [-0.2, -0.15) is 0 Å². The zero-order valence-corrected chi connectivity index (χ0v) is 22.4. The number of hydrogen-bond donors (Lipinski definition) is 1. The maximum atomic E-state index is 13.3. The lowest BCUT2D eigenvalue weighted by molar-refractivity contribution is -0.132. The first-order valence-corrected chi connectivity index (χ1v) is 13.6. The van der Waals surface area contributed by atoms with Crippen LogP contribution < -0.4 is 4.90 Å². The predicted molar refractivity (Wildman–Crippen MR) is 146 cm³/mol. The normalized spacial score (nSPS) is 16.9. The van der Waals surface area contributed by atoms with Gasteiger partial charge in [0.25, 0.3) is 5.78 Å². The molecule has 5 rings (SSSR count). The average Bonchev–Trinajstić information content (AvgIpc) is 3.46. The molecule has 3 heterocycles. The van der Waals surface area contributed by atoms with Gasteiger partial charge in [-0.15, -0.1) is 10.2 Å². The van der Waals surface area contributed by atoms with E-state index < -0.39 is 17.7 Å². The van der Waals surface area contributed by atoms with Crippen molar-refractivity contribution in [1.82, 2.24) is 15.2 Å². The minimum Gasteiger partial charge on any atom is -0.507 e. The van der Waals surface area contributed by atoms with E-state index in [1.807, 2.05) is 37.3 Å². The number of aliphatic hydroxyl groups is 1. The van der Waals surface area contributed by atoms with Crippen molar-refractivity contribution in [2.24, 2.45) is 0 Å². The molecule has 1 N–H and O–H groups in total. The summed E-state index contributed by atoms with van der Waals surface area (Å²) < 4.78 is 0.597. The summed E-state index contributed by atoms with van der Waals surface area (Å²) in [5.41, 5.74) is 2.93. The largest absolute Gasteiger partial charge is 0.507 e. The molecule has 1 amide bonds. The highest BCUT2D eigenvalue weighted by atomic mass is 35.5. The average molecular weight is 569 g/mol. The van der Waals surface area contributed by atoms with Crippen LogP contribution in [0.1, 0.15) is 28.3 Å². The van der Waals surface area contributed by atoms with E-state index in [1.54, 1.807) is 24.3 Å². The van der Waals surface area contributed by atoms with Crippen LogP contribution in [-0.4, -0.2) is 32.0 Å². The highest BCUT2D eigenvalue weighted by molar-refractivity contribution is 8.00. The van der Waals surface area contributed by atoms with Gasteiger partial charge < -0.3 is 5.11 Å². The van der Waals surface area contributed by atoms with Gasteiger partial charge in [0.15, 0.2) is 4.34 Å². The molecule has 1 aliphatic heterocycles. The first kappa shape index (κ1) is 25.4. The lowest BCUT2D eigenvalue weighted by atomic mass is 9.95. The number of aromatic nitrogens is 3. The number of aryl methyl sites for hydroxylation is 1. The number of pyridine rings is 1. The minimum atomic E-state index is -0.870. The lowest BCUT2D eigenvalue weighted by Gasteiger charge is -2.22. The van der Waals surface area contributed by atoms with Crippen molar-refractivity contribution in [2.75, 3.05) is 4.90 Å². The molecule has 4 aromatic rings. The number of halogens is 2. The third kappa shape index (κ3) is 5.13. The number of hydrogen-bond acceptors (Lipinski definition) is 8. The number of Topliss-reactive ketones (excluding diaryl/α,β-unsaturated/α-hetero) is 1. The second-order valence-corrected chi connectivity index (χ2v) is 11.2. The second kappa shape index (κ2) is 10.6. The molecule has 1 aliphatic rings. The van der Waals surface area contributed by atoms with Crippen molar-refractivity contribution in [3.05, 3.63) is 105 Å². The lowest BCUT2D eigenvalue weighted by Crippen LogP contribution is -2.29. The molecule has 37 heavy (non-hydrogen) atoms. The molecule has 7 nitrogen and oxygen atoms in total. The van der Waals surface area contributed by atoms with Crippen LogP contribution in [0.5, 0.6) is 0 Å². The minimum absolute atomic E-state index is 0.0163. The number of nitrogens with zero attached hydrogens (tertiary/aromatic N) is 4. The monoisotopic (exact) mass is 568 g/mol. The van der Waals surface area contributed by atoms with Crippen molar-refractivity contribution >= 4 is 68.9 Å². The summed E-state index contributed by atoms with van der Waals surface area (Å²) in [5.74, 6) is -1.33. The van der Waals surface area contributed by atoms with Gasteiger partial charge >= 0.3 is 5.91 Å². The van der Waals surface area contributed by atoms with Gasteiger partial charge in [0.1, 0.15) is 5.76 Å². The third-order valence-corrected chi connectivity index (χ3v) is 8.45. The van der Waals surface area contributed by atoms with Gasteiger partial charge in [-0.25, -0.2) is 0 Å². The molecule has 1 unspecified atom stereocenters. The molecule has 186 valence electrons. The van der Waals surface area contributed by atoms with E-state index in [1.165, 1.54) is 40.4 Å². The summed E-state index contributed by atoms with van der Waals surface area (Å²) in [5, 5.41) is 20.9. The molecule has 1 atom stereocenters. The Hall–Kier alpha value is -3.24. The number of carbonyl (C=O) groups excluding carboxylic acids is 2. The fraction of sp³-hybridized carbons (Fsp3) is 0.115. The van der Waals surface area contributed by atoms with Crippen LogP contribution in [0.3, 0.4) is 0 Å². The Morgan fingerprint density at radius 2 is 1.78 bits per heavy atom. The van der Waals surface area contributed by atoms with E-state index in [4.69, 9.17) is 23.2 Å². The van der Waals surface area contributed by atoms with Crippen molar-refractivity contribution in [3.63, 3.8) is 0 Å². The Kier molecular flexibility index (Phi) is 7.30. The molecule has 1 saturated heterocycles. The van der Waals surface area contributed by atoms with E-state index in [-0.39, 0.29) is 16.5 Å². The van der Waals surface area contributed by atoms with Crippen molar-refractivity contribution in [2.45, 2.75) is 23.1 Å². The van der Waals surface area contributed by atoms with Gasteiger partial charge in [-0.3, -0.25) is 19.5 Å². The van der Waals surface area contributed by atoms with Crippen LogP contribution in [0.15, 0.2) is 76.9 Å². The number of carbonyl (C=O) groups is 2. The fourth-order valence-electron chi connectivity index (χ4n) is 3.90. The third-order valence-electron chi connectivity index (χ3n) is 5.76. The number of aliphatic hydroxyl groups excluding tert-OH is 1. The number of benzene rings is 2. The summed E-state index contributed by atoms with van der Waals surface area (Å²) in [6.45, 7) is 1.94. The molecule has 0 saturated carbocycles. The Labute approximate surface area is 230 Å². The predicted octanol–water partition coefficient (Wildman–Crippen LogP) is 6.47. The Morgan fingerprint density at radius 3 is 2.49 bits per heavy atom. The van der Waals surface area contributed by atoms with Crippen molar-refractivity contribution in [1.29, 1.82) is 0 Å². The Morgan fingerprint density at radius 1 is 1.05 bits per heavy atom. The Bertz CT molecular complexity index is 1520. The summed E-state index contributed by atoms with van der Waals surface area (Å²) in [7, 11) is 0. The van der Waals surface area contributed by atoms with Gasteiger partial charge in [-0.1, -0.05) is 82.2 Å². The molecule has 11 heteroatoms. The van der Waals surface area contributed by atoms with E-state index >= 15 is 0 Å². The van der Waals surface area contributed by atoms with Crippen LogP contribution in [0, 0.1) is 6.92 Å². The highest BCUT2D eigenvalue weighted by Gasteiger charge is 2.48. The maximum absolute atomic E-state index is 13.3. The molecule has 0 aliphatic carbocycles. The molecule has 2 aromatic carbocycles. The maximum Gasteiger partial charge on any atom is 0.301 e. The van der Waals surface area contributed by atoms with Crippen LogP contribution in [0.2, 0.25) is 10.0 Å². The van der Waals surface area contributed by atoms with E-state index in [9.17, 15) is 14.7 Å². The van der Waals surface area contributed by atoms with E-state index in [2.05, 4.69) is 15.2 Å². The van der Waals surface area contributed by atoms with Crippen LogP contribution in [0.25, 0.3) is 5.76 Å². The Balaban J connectivity index is 1.52. The smallest absolute Gasteiger partial charge is 0.301 e. The molecule has 0 radical (unpaired) electrons. The molecule has 0 bridgehead atoms. The van der Waals surface area contributed by atoms with Crippen LogP contribution >= 0.6 is 46.3 Å². The van der Waals surface area contributed by atoms with Gasteiger partial charge in [0.2, 0.25) is 5.13 Å². The summed E-state index contributed by atoms with van der Waals surface area (Å²) in [6, 6.07) is 15.0. The van der Waals surface area contributed by atoms with Crippen LogP contribution in [0.4, 0.5) is 5.13 Å². The molecule has 1 fully saturated rings. The first-order valence-electron chi connectivity index (χ1n) is 11.0. The van der Waals surface area contributed by atoms with Crippen molar-refractivity contribution in [3.8, 4) is 0 Å². The molecular formula is C26H18Cl2N4O3S2.